The highest BCUT2D eigenvalue weighted by Crippen LogP contribution is 2.40. The summed E-state index contributed by atoms with van der Waals surface area (Å²) < 4.78 is 0. The molecule has 0 bridgehead atoms. The van der Waals surface area contributed by atoms with E-state index in [0.717, 1.165) is 25.8 Å². The molecule has 0 aromatic rings. The monoisotopic (exact) mass is 238 g/mol. The molecule has 98 valence electrons. The van der Waals surface area contributed by atoms with Crippen LogP contribution >= 0.6 is 0 Å². The van der Waals surface area contributed by atoms with Crippen LogP contribution in [0.2, 0.25) is 0 Å². The Morgan fingerprint density at radius 1 is 1.29 bits per heavy atom. The Morgan fingerprint density at radius 2 is 1.94 bits per heavy atom. The Morgan fingerprint density at radius 3 is 2.53 bits per heavy atom. The van der Waals surface area contributed by atoms with Crippen LogP contribution in [0.1, 0.15) is 52.4 Å². The molecule has 1 heterocycles. The highest BCUT2D eigenvalue weighted by molar-refractivity contribution is 5.83. The molecule has 0 aromatic carbocycles. The summed E-state index contributed by atoms with van der Waals surface area (Å²) >= 11 is 0. The number of hydrogen-bond acceptors (Lipinski definition) is 2. The van der Waals surface area contributed by atoms with Crippen LogP contribution in [0.25, 0.3) is 0 Å². The second-order valence-corrected chi connectivity index (χ2v) is 6.18. The summed E-state index contributed by atoms with van der Waals surface area (Å²) in [7, 11) is 0. The van der Waals surface area contributed by atoms with E-state index in [0.29, 0.717) is 24.4 Å². The number of piperidine rings is 1. The van der Waals surface area contributed by atoms with Crippen LogP contribution in [0.5, 0.6) is 0 Å². The van der Waals surface area contributed by atoms with E-state index in [1.807, 2.05) is 0 Å². The summed E-state index contributed by atoms with van der Waals surface area (Å²) in [5.41, 5.74) is 5.69. The predicted molar refractivity (Wildman–Crippen MR) is 69.5 cm³/mol. The van der Waals surface area contributed by atoms with Gasteiger partial charge in [-0.25, -0.2) is 0 Å². The Balaban J connectivity index is 2.12. The van der Waals surface area contributed by atoms with E-state index in [1.165, 1.54) is 19.3 Å². The lowest BCUT2D eigenvalue weighted by Crippen LogP contribution is -2.53. The molecular formula is C14H26N2O. The van der Waals surface area contributed by atoms with Gasteiger partial charge in [0.25, 0.3) is 0 Å². The molecule has 2 fully saturated rings. The van der Waals surface area contributed by atoms with E-state index >= 15 is 0 Å². The van der Waals surface area contributed by atoms with Crippen LogP contribution in [0.15, 0.2) is 0 Å². The first-order valence-electron chi connectivity index (χ1n) is 7.10. The van der Waals surface area contributed by atoms with Crippen molar-refractivity contribution in [1.82, 2.24) is 4.90 Å². The standard InChI is InChI=1S/C14H26N2O/c1-11-5-6-12(2)16(9-11)13(17)14(10-15)7-3-4-8-14/h11-12H,3-10,15H2,1-2H3. The molecular weight excluding hydrogens is 212 g/mol. The van der Waals surface area contributed by atoms with Crippen molar-refractivity contribution in [3.05, 3.63) is 0 Å². The average Bonchev–Trinajstić information content (AvgIpc) is 2.81. The Labute approximate surface area is 105 Å². The maximum Gasteiger partial charge on any atom is 0.230 e. The lowest BCUT2D eigenvalue weighted by Gasteiger charge is -2.42. The number of nitrogens with zero attached hydrogens (tertiary/aromatic N) is 1. The van der Waals surface area contributed by atoms with Gasteiger partial charge in [0, 0.05) is 19.1 Å². The average molecular weight is 238 g/mol. The number of hydrogen-bond donors (Lipinski definition) is 1. The van der Waals surface area contributed by atoms with Crippen molar-refractivity contribution in [1.29, 1.82) is 0 Å². The van der Waals surface area contributed by atoms with Crippen molar-refractivity contribution in [2.24, 2.45) is 17.1 Å². The second-order valence-electron chi connectivity index (χ2n) is 6.18. The minimum Gasteiger partial charge on any atom is -0.339 e. The van der Waals surface area contributed by atoms with Crippen molar-refractivity contribution < 1.29 is 4.79 Å². The lowest BCUT2D eigenvalue weighted by atomic mass is 9.82. The number of carbonyl (C=O) groups is 1. The molecule has 2 rings (SSSR count). The fourth-order valence-electron chi connectivity index (χ4n) is 3.43. The third-order valence-electron chi connectivity index (χ3n) is 4.78. The number of rotatable bonds is 2. The molecule has 2 atom stereocenters. The van der Waals surface area contributed by atoms with Crippen molar-refractivity contribution in [2.75, 3.05) is 13.1 Å². The van der Waals surface area contributed by atoms with Crippen molar-refractivity contribution in [3.63, 3.8) is 0 Å². The normalized spacial score (nSPS) is 32.8. The highest BCUT2D eigenvalue weighted by Gasteiger charge is 2.44. The summed E-state index contributed by atoms with van der Waals surface area (Å²) in [4.78, 5) is 14.9. The molecule has 2 aliphatic rings. The summed E-state index contributed by atoms with van der Waals surface area (Å²) in [6, 6.07) is 0.405. The van der Waals surface area contributed by atoms with E-state index in [2.05, 4.69) is 18.7 Å². The fraction of sp³-hybridized carbons (Fsp3) is 0.929. The van der Waals surface area contributed by atoms with Crippen molar-refractivity contribution in [3.8, 4) is 0 Å². The first-order chi connectivity index (χ1) is 8.09. The molecule has 1 saturated carbocycles. The molecule has 1 aliphatic heterocycles. The van der Waals surface area contributed by atoms with Gasteiger partial charge >= 0.3 is 0 Å². The largest absolute Gasteiger partial charge is 0.339 e. The maximum absolute atomic E-state index is 12.8. The van der Waals surface area contributed by atoms with Crippen LogP contribution in [0.3, 0.4) is 0 Å². The number of amides is 1. The van der Waals surface area contributed by atoms with Crippen LogP contribution in [-0.4, -0.2) is 29.9 Å². The molecule has 17 heavy (non-hydrogen) atoms. The highest BCUT2D eigenvalue weighted by atomic mass is 16.2. The van der Waals surface area contributed by atoms with E-state index in [-0.39, 0.29) is 5.41 Å². The van der Waals surface area contributed by atoms with Gasteiger partial charge in [-0.2, -0.15) is 0 Å². The molecule has 1 saturated heterocycles. The number of carbonyl (C=O) groups excluding carboxylic acids is 1. The first-order valence-corrected chi connectivity index (χ1v) is 7.10. The second kappa shape index (κ2) is 4.97. The zero-order chi connectivity index (χ0) is 12.5. The van der Waals surface area contributed by atoms with Crippen LogP contribution < -0.4 is 5.73 Å². The van der Waals surface area contributed by atoms with Crippen LogP contribution in [-0.2, 0) is 4.79 Å². The van der Waals surface area contributed by atoms with Gasteiger partial charge in [0.15, 0.2) is 0 Å². The Hall–Kier alpha value is -0.570. The van der Waals surface area contributed by atoms with Crippen LogP contribution in [0.4, 0.5) is 0 Å². The molecule has 3 heteroatoms. The SMILES string of the molecule is CC1CCC(C)N(C(=O)C2(CN)CCCC2)C1. The Bertz CT molecular complexity index is 284. The zero-order valence-electron chi connectivity index (χ0n) is 11.2. The van der Waals surface area contributed by atoms with Crippen molar-refractivity contribution in [2.45, 2.75) is 58.4 Å². The Kier molecular flexibility index (Phi) is 3.76. The topological polar surface area (TPSA) is 46.3 Å². The molecule has 2 N–H and O–H groups in total. The zero-order valence-corrected chi connectivity index (χ0v) is 11.2. The molecule has 1 amide bonds. The predicted octanol–water partition coefficient (Wildman–Crippen LogP) is 2.15. The lowest BCUT2D eigenvalue weighted by molar-refractivity contribution is -0.145. The van der Waals surface area contributed by atoms with E-state index in [4.69, 9.17) is 5.73 Å². The van der Waals surface area contributed by atoms with Gasteiger partial charge < -0.3 is 10.6 Å². The summed E-state index contributed by atoms with van der Waals surface area (Å²) in [5.74, 6) is 0.989. The fourth-order valence-corrected chi connectivity index (χ4v) is 3.43. The minimum atomic E-state index is -0.217. The van der Waals surface area contributed by atoms with Crippen LogP contribution in [0, 0.1) is 11.3 Å². The molecule has 0 radical (unpaired) electrons. The van der Waals surface area contributed by atoms with Gasteiger partial charge in [-0.15, -0.1) is 0 Å². The van der Waals surface area contributed by atoms with E-state index in [1.54, 1.807) is 0 Å². The molecule has 2 unspecified atom stereocenters. The maximum atomic E-state index is 12.8. The van der Waals surface area contributed by atoms with Gasteiger partial charge in [0.05, 0.1) is 5.41 Å². The smallest absolute Gasteiger partial charge is 0.230 e. The van der Waals surface area contributed by atoms with Gasteiger partial charge in [0.1, 0.15) is 0 Å². The van der Waals surface area contributed by atoms with Crippen molar-refractivity contribution >= 4 is 5.91 Å². The first kappa shape index (κ1) is 12.9. The summed E-state index contributed by atoms with van der Waals surface area (Å²) in [6.07, 6.45) is 6.73. The minimum absolute atomic E-state index is 0.217. The molecule has 1 aliphatic carbocycles. The van der Waals surface area contributed by atoms with Gasteiger partial charge in [0.2, 0.25) is 5.91 Å². The van der Waals surface area contributed by atoms with E-state index < -0.39 is 0 Å². The quantitative estimate of drug-likeness (QED) is 0.801. The molecule has 0 aromatic heterocycles. The van der Waals surface area contributed by atoms with Gasteiger partial charge in [-0.05, 0) is 38.5 Å². The molecule has 0 spiro atoms. The summed E-state index contributed by atoms with van der Waals surface area (Å²) in [6.45, 7) is 5.89. The third kappa shape index (κ3) is 2.35. The number of likely N-dealkylation sites (tertiary alicyclic amines) is 1. The summed E-state index contributed by atoms with van der Waals surface area (Å²) in [5, 5.41) is 0. The third-order valence-corrected chi connectivity index (χ3v) is 4.78. The van der Waals surface area contributed by atoms with E-state index in [9.17, 15) is 4.79 Å². The molecule has 3 nitrogen and oxygen atoms in total. The number of nitrogens with two attached hydrogens (primary N) is 1. The van der Waals surface area contributed by atoms with Gasteiger partial charge in [-0.3, -0.25) is 4.79 Å². The van der Waals surface area contributed by atoms with Gasteiger partial charge in [-0.1, -0.05) is 19.8 Å².